The number of aryl methyl sites for hydroxylation is 1. The van der Waals surface area contributed by atoms with Gasteiger partial charge in [-0.25, -0.2) is 4.79 Å². The van der Waals surface area contributed by atoms with Gasteiger partial charge >= 0.3 is 5.97 Å². The Bertz CT molecular complexity index is 345. The molecule has 0 bridgehead atoms. The number of nitrogens with zero attached hydrogens (tertiary/aromatic N) is 1. The summed E-state index contributed by atoms with van der Waals surface area (Å²) in [6, 6.07) is 1.85. The van der Waals surface area contributed by atoms with Gasteiger partial charge in [0, 0.05) is 18.5 Å². The molecule has 3 nitrogen and oxygen atoms in total. The number of esters is 1. The number of rotatable bonds is 3. The summed E-state index contributed by atoms with van der Waals surface area (Å²) in [6.07, 6.45) is 6.60. The highest BCUT2D eigenvalue weighted by Gasteiger charge is 1.95. The smallest absolute Gasteiger partial charge is 0.330 e. The van der Waals surface area contributed by atoms with E-state index in [0.717, 1.165) is 11.1 Å². The average Bonchev–Trinajstić information content (AvgIpc) is 2.17. The summed E-state index contributed by atoms with van der Waals surface area (Å²) in [4.78, 5) is 15.0. The molecule has 14 heavy (non-hydrogen) atoms. The lowest BCUT2D eigenvalue weighted by Crippen LogP contribution is -1.98. The first-order valence-corrected chi connectivity index (χ1v) is 4.49. The molecule has 1 aromatic heterocycles. The molecule has 1 aromatic rings. The molecule has 0 aromatic carbocycles. The molecule has 0 atom stereocenters. The highest BCUT2D eigenvalue weighted by molar-refractivity contribution is 5.87. The number of ether oxygens (including phenoxy) is 1. The molecule has 0 aliphatic rings. The van der Waals surface area contributed by atoms with Crippen LogP contribution in [0.3, 0.4) is 0 Å². The Labute approximate surface area is 83.4 Å². The van der Waals surface area contributed by atoms with Crippen LogP contribution in [0, 0.1) is 6.92 Å². The van der Waals surface area contributed by atoms with Gasteiger partial charge in [-0.05, 0) is 37.1 Å². The Balaban J connectivity index is 2.69. The van der Waals surface area contributed by atoms with Crippen LogP contribution in [-0.2, 0) is 9.53 Å². The van der Waals surface area contributed by atoms with E-state index in [4.69, 9.17) is 4.74 Å². The van der Waals surface area contributed by atoms with Crippen LogP contribution in [-0.4, -0.2) is 17.6 Å². The quantitative estimate of drug-likeness (QED) is 0.541. The highest BCUT2D eigenvalue weighted by Crippen LogP contribution is 2.06. The Kier molecular flexibility index (Phi) is 3.85. The molecule has 0 spiro atoms. The van der Waals surface area contributed by atoms with Crippen molar-refractivity contribution in [3.8, 4) is 0 Å². The molecule has 0 aliphatic heterocycles. The van der Waals surface area contributed by atoms with E-state index in [1.54, 1.807) is 25.4 Å². The van der Waals surface area contributed by atoms with Gasteiger partial charge < -0.3 is 4.74 Å². The molecule has 3 heteroatoms. The minimum absolute atomic E-state index is 0.316. The van der Waals surface area contributed by atoms with Gasteiger partial charge in [0.05, 0.1) is 6.61 Å². The van der Waals surface area contributed by atoms with Crippen molar-refractivity contribution in [2.24, 2.45) is 0 Å². The normalized spacial score (nSPS) is 10.4. The van der Waals surface area contributed by atoms with Gasteiger partial charge in [-0.15, -0.1) is 0 Å². The molecule has 0 saturated heterocycles. The number of pyridine rings is 1. The first-order valence-electron chi connectivity index (χ1n) is 4.49. The van der Waals surface area contributed by atoms with Gasteiger partial charge in [-0.1, -0.05) is 0 Å². The lowest BCUT2D eigenvalue weighted by Gasteiger charge is -1.98. The predicted molar refractivity (Wildman–Crippen MR) is 54.6 cm³/mol. The van der Waals surface area contributed by atoms with E-state index in [9.17, 15) is 4.79 Å². The van der Waals surface area contributed by atoms with E-state index < -0.39 is 0 Å². The molecule has 0 amide bonds. The predicted octanol–water partition coefficient (Wildman–Crippen LogP) is 1.97. The molecule has 0 fully saturated rings. The van der Waals surface area contributed by atoms with E-state index >= 15 is 0 Å². The third kappa shape index (κ3) is 3.01. The van der Waals surface area contributed by atoms with Gasteiger partial charge in [0.1, 0.15) is 0 Å². The van der Waals surface area contributed by atoms with Gasteiger partial charge in [-0.3, -0.25) is 4.98 Å². The van der Waals surface area contributed by atoms with Crippen LogP contribution >= 0.6 is 0 Å². The van der Waals surface area contributed by atoms with Gasteiger partial charge in [-0.2, -0.15) is 0 Å². The van der Waals surface area contributed by atoms with Crippen molar-refractivity contribution in [1.82, 2.24) is 4.98 Å². The first-order chi connectivity index (χ1) is 6.74. The van der Waals surface area contributed by atoms with Crippen LogP contribution in [0.5, 0.6) is 0 Å². The Morgan fingerprint density at radius 2 is 2.43 bits per heavy atom. The molecule has 0 saturated carbocycles. The van der Waals surface area contributed by atoms with Crippen LogP contribution in [0.4, 0.5) is 0 Å². The minimum Gasteiger partial charge on any atom is -0.463 e. The van der Waals surface area contributed by atoms with Crippen molar-refractivity contribution in [3.05, 3.63) is 35.7 Å². The van der Waals surface area contributed by atoms with Crippen molar-refractivity contribution in [3.63, 3.8) is 0 Å². The maximum absolute atomic E-state index is 11.0. The molecular formula is C11H13NO2. The second kappa shape index (κ2) is 5.17. The number of carbonyl (C=O) groups is 1. The average molecular weight is 191 g/mol. The molecule has 0 N–H and O–H groups in total. The standard InChI is InChI=1S/C11H13NO2/c1-3-14-11(13)5-4-10-6-7-12-8-9(10)2/h4-8H,3H2,1-2H3/b5-4+. The molecule has 0 aliphatic carbocycles. The first kappa shape index (κ1) is 10.4. The molecule has 74 valence electrons. The second-order valence-electron chi connectivity index (χ2n) is 2.82. The summed E-state index contributed by atoms with van der Waals surface area (Å²) in [7, 11) is 0. The van der Waals surface area contributed by atoms with Crippen molar-refractivity contribution >= 4 is 12.0 Å². The molecule has 0 unspecified atom stereocenters. The second-order valence-corrected chi connectivity index (χ2v) is 2.82. The van der Waals surface area contributed by atoms with Crippen LogP contribution in [0.25, 0.3) is 6.08 Å². The van der Waals surface area contributed by atoms with E-state index in [0.29, 0.717) is 6.61 Å². The maximum Gasteiger partial charge on any atom is 0.330 e. The summed E-state index contributed by atoms with van der Waals surface area (Å²) < 4.78 is 4.76. The fourth-order valence-electron chi connectivity index (χ4n) is 1.02. The monoisotopic (exact) mass is 191 g/mol. The zero-order valence-corrected chi connectivity index (χ0v) is 8.36. The molecule has 1 heterocycles. The third-order valence-electron chi connectivity index (χ3n) is 1.75. The number of hydrogen-bond donors (Lipinski definition) is 0. The van der Waals surface area contributed by atoms with Crippen LogP contribution < -0.4 is 0 Å². The fraction of sp³-hybridized carbons (Fsp3) is 0.273. The lowest BCUT2D eigenvalue weighted by molar-refractivity contribution is -0.137. The topological polar surface area (TPSA) is 39.2 Å². The third-order valence-corrected chi connectivity index (χ3v) is 1.75. The van der Waals surface area contributed by atoms with Crippen molar-refractivity contribution < 1.29 is 9.53 Å². The Morgan fingerprint density at radius 1 is 1.64 bits per heavy atom. The number of carbonyl (C=O) groups excluding carboxylic acids is 1. The van der Waals surface area contributed by atoms with E-state index in [1.165, 1.54) is 6.08 Å². The Hall–Kier alpha value is -1.64. The largest absolute Gasteiger partial charge is 0.463 e. The summed E-state index contributed by atoms with van der Waals surface area (Å²) in [5.41, 5.74) is 2.01. The van der Waals surface area contributed by atoms with Crippen LogP contribution in [0.15, 0.2) is 24.5 Å². The number of aromatic nitrogens is 1. The minimum atomic E-state index is -0.316. The lowest BCUT2D eigenvalue weighted by atomic mass is 10.1. The van der Waals surface area contributed by atoms with Gasteiger partial charge in [0.15, 0.2) is 0 Å². The number of hydrogen-bond acceptors (Lipinski definition) is 3. The van der Waals surface area contributed by atoms with Crippen LogP contribution in [0.2, 0.25) is 0 Å². The fourth-order valence-corrected chi connectivity index (χ4v) is 1.02. The summed E-state index contributed by atoms with van der Waals surface area (Å²) >= 11 is 0. The Morgan fingerprint density at radius 3 is 3.07 bits per heavy atom. The molecular weight excluding hydrogens is 178 g/mol. The highest BCUT2D eigenvalue weighted by atomic mass is 16.5. The molecule has 0 radical (unpaired) electrons. The van der Waals surface area contributed by atoms with E-state index in [1.807, 2.05) is 13.0 Å². The maximum atomic E-state index is 11.0. The van der Waals surface area contributed by atoms with Crippen molar-refractivity contribution in [1.29, 1.82) is 0 Å². The summed E-state index contributed by atoms with van der Waals surface area (Å²) in [5.74, 6) is -0.316. The van der Waals surface area contributed by atoms with Crippen LogP contribution in [0.1, 0.15) is 18.1 Å². The zero-order chi connectivity index (χ0) is 10.4. The van der Waals surface area contributed by atoms with Gasteiger partial charge in [0.25, 0.3) is 0 Å². The zero-order valence-electron chi connectivity index (χ0n) is 8.36. The summed E-state index contributed by atoms with van der Waals surface area (Å²) in [5, 5.41) is 0. The van der Waals surface area contributed by atoms with E-state index in [-0.39, 0.29) is 5.97 Å². The summed E-state index contributed by atoms with van der Waals surface area (Å²) in [6.45, 7) is 4.12. The van der Waals surface area contributed by atoms with Gasteiger partial charge in [0.2, 0.25) is 0 Å². The van der Waals surface area contributed by atoms with Crippen molar-refractivity contribution in [2.45, 2.75) is 13.8 Å². The van der Waals surface area contributed by atoms with E-state index in [2.05, 4.69) is 4.98 Å². The SMILES string of the molecule is CCOC(=O)/C=C/c1ccncc1C. The van der Waals surface area contributed by atoms with Crippen molar-refractivity contribution in [2.75, 3.05) is 6.61 Å². The molecule has 1 rings (SSSR count).